The monoisotopic (exact) mass is 304 g/mol. The lowest BCUT2D eigenvalue weighted by Gasteiger charge is -2.26. The van der Waals surface area contributed by atoms with E-state index in [-0.39, 0.29) is 5.41 Å². The zero-order chi connectivity index (χ0) is 16.7. The predicted molar refractivity (Wildman–Crippen MR) is 81.9 cm³/mol. The first-order valence-electron chi connectivity index (χ1n) is 7.68. The molecule has 0 aliphatic rings. The Morgan fingerprint density at radius 3 is 2.14 bits per heavy atom. The number of aliphatic hydroxyl groups excluding tert-OH is 1. The molecular weight excluding hydrogens is 272 g/mol. The Morgan fingerprint density at radius 1 is 1.14 bits per heavy atom. The summed E-state index contributed by atoms with van der Waals surface area (Å²) in [5.41, 5.74) is -0.456. The van der Waals surface area contributed by atoms with E-state index in [1.807, 2.05) is 0 Å². The first-order valence-corrected chi connectivity index (χ1v) is 7.68. The quantitative estimate of drug-likeness (QED) is 0.367. The van der Waals surface area contributed by atoms with Gasteiger partial charge in [0.25, 0.3) is 0 Å². The number of carboxylic acids is 1. The molecule has 0 spiro atoms. The van der Waals surface area contributed by atoms with Gasteiger partial charge in [-0.1, -0.05) is 33.6 Å². The lowest BCUT2D eigenvalue weighted by atomic mass is 9.89. The summed E-state index contributed by atoms with van der Waals surface area (Å²) in [4.78, 5) is 21.5. The van der Waals surface area contributed by atoms with E-state index in [0.717, 1.165) is 19.3 Å². The maximum absolute atomic E-state index is 11.2. The van der Waals surface area contributed by atoms with E-state index >= 15 is 0 Å². The Bertz CT molecular complexity index is 304. The molecule has 0 aromatic carbocycles. The van der Waals surface area contributed by atoms with Crippen LogP contribution in [0.3, 0.4) is 0 Å². The maximum atomic E-state index is 11.2. The van der Waals surface area contributed by atoms with Gasteiger partial charge in [-0.25, -0.2) is 14.6 Å². The van der Waals surface area contributed by atoms with Crippen LogP contribution in [0.1, 0.15) is 73.6 Å². The third-order valence-electron chi connectivity index (χ3n) is 3.10. The van der Waals surface area contributed by atoms with Crippen molar-refractivity contribution in [2.24, 2.45) is 5.41 Å². The normalized spacial score (nSPS) is 15.8. The molecule has 0 heterocycles. The van der Waals surface area contributed by atoms with Crippen LogP contribution in [0, 0.1) is 5.41 Å². The summed E-state index contributed by atoms with van der Waals surface area (Å²) in [5, 5.41) is 18.5. The van der Waals surface area contributed by atoms with E-state index in [4.69, 9.17) is 14.9 Å². The van der Waals surface area contributed by atoms with Gasteiger partial charge in [-0.15, -0.1) is 0 Å². The molecule has 2 atom stereocenters. The number of unbranched alkanes of at least 4 members (excludes halogenated alkanes) is 1. The van der Waals surface area contributed by atoms with E-state index < -0.39 is 23.8 Å². The van der Waals surface area contributed by atoms with E-state index in [1.54, 1.807) is 20.8 Å². The van der Waals surface area contributed by atoms with Gasteiger partial charge in [0.2, 0.25) is 0 Å². The van der Waals surface area contributed by atoms with Crippen molar-refractivity contribution >= 4 is 5.97 Å². The fraction of sp³-hybridized carbons (Fsp3) is 0.938. The molecule has 0 saturated carbocycles. The summed E-state index contributed by atoms with van der Waals surface area (Å²) in [5.74, 6) is -1.02. The molecule has 0 aliphatic heterocycles. The van der Waals surface area contributed by atoms with Crippen LogP contribution in [-0.2, 0) is 14.6 Å². The summed E-state index contributed by atoms with van der Waals surface area (Å²) in [6, 6.07) is 0. The van der Waals surface area contributed by atoms with Crippen molar-refractivity contribution in [3.8, 4) is 0 Å². The van der Waals surface area contributed by atoms with Crippen molar-refractivity contribution in [3.63, 3.8) is 0 Å². The van der Waals surface area contributed by atoms with Crippen LogP contribution in [0.2, 0.25) is 0 Å². The molecule has 0 rings (SSSR count). The average Bonchev–Trinajstić information content (AvgIpc) is 2.23. The average molecular weight is 304 g/mol. The van der Waals surface area contributed by atoms with Crippen molar-refractivity contribution in [1.82, 2.24) is 0 Å². The molecule has 126 valence electrons. The van der Waals surface area contributed by atoms with Crippen LogP contribution in [0.5, 0.6) is 0 Å². The minimum Gasteiger partial charge on any atom is -0.479 e. The number of carbonyl (C=O) groups is 1. The van der Waals surface area contributed by atoms with E-state index in [1.165, 1.54) is 0 Å². The SMILES string of the molecule is CC(O)CC(C)(C)OOC(CCCCC(C)(C)C)C(=O)O. The van der Waals surface area contributed by atoms with E-state index in [9.17, 15) is 9.90 Å². The van der Waals surface area contributed by atoms with Gasteiger partial charge < -0.3 is 10.2 Å². The largest absolute Gasteiger partial charge is 0.479 e. The minimum absolute atomic E-state index is 0.259. The van der Waals surface area contributed by atoms with Gasteiger partial charge in [-0.05, 0) is 39.0 Å². The van der Waals surface area contributed by atoms with Crippen LogP contribution < -0.4 is 0 Å². The van der Waals surface area contributed by atoms with Crippen LogP contribution in [-0.4, -0.2) is 34.0 Å². The fourth-order valence-electron chi connectivity index (χ4n) is 2.13. The van der Waals surface area contributed by atoms with Crippen molar-refractivity contribution in [2.75, 3.05) is 0 Å². The number of rotatable bonds is 10. The molecule has 0 amide bonds. The highest BCUT2D eigenvalue weighted by atomic mass is 17.2. The zero-order valence-electron chi connectivity index (χ0n) is 14.3. The highest BCUT2D eigenvalue weighted by molar-refractivity contribution is 5.72. The Hall–Kier alpha value is -0.650. The zero-order valence-corrected chi connectivity index (χ0v) is 14.3. The van der Waals surface area contributed by atoms with Gasteiger partial charge in [-0.3, -0.25) is 0 Å². The lowest BCUT2D eigenvalue weighted by Crippen LogP contribution is -2.33. The van der Waals surface area contributed by atoms with Gasteiger partial charge in [0, 0.05) is 6.42 Å². The number of hydrogen-bond acceptors (Lipinski definition) is 4. The summed E-state index contributed by atoms with van der Waals surface area (Å²) < 4.78 is 0. The van der Waals surface area contributed by atoms with Crippen molar-refractivity contribution in [2.45, 2.75) is 91.5 Å². The molecule has 0 fully saturated rings. The van der Waals surface area contributed by atoms with E-state index in [2.05, 4.69) is 20.8 Å². The highest BCUT2D eigenvalue weighted by Gasteiger charge is 2.27. The molecule has 21 heavy (non-hydrogen) atoms. The van der Waals surface area contributed by atoms with Gasteiger partial charge >= 0.3 is 5.97 Å². The molecule has 5 nitrogen and oxygen atoms in total. The van der Waals surface area contributed by atoms with Gasteiger partial charge in [0.15, 0.2) is 6.10 Å². The number of aliphatic hydroxyl groups is 1. The summed E-state index contributed by atoms with van der Waals surface area (Å²) >= 11 is 0. The van der Waals surface area contributed by atoms with E-state index in [0.29, 0.717) is 12.8 Å². The number of carboxylic acid groups (broad SMARTS) is 1. The predicted octanol–water partition coefficient (Wildman–Crippen LogP) is 3.54. The third-order valence-corrected chi connectivity index (χ3v) is 3.10. The highest BCUT2D eigenvalue weighted by Crippen LogP contribution is 2.23. The molecule has 0 bridgehead atoms. The van der Waals surface area contributed by atoms with Crippen molar-refractivity contribution < 1.29 is 24.8 Å². The van der Waals surface area contributed by atoms with Crippen LogP contribution >= 0.6 is 0 Å². The van der Waals surface area contributed by atoms with Gasteiger partial charge in [0.1, 0.15) is 5.60 Å². The molecule has 0 aliphatic carbocycles. The lowest BCUT2D eigenvalue weighted by molar-refractivity contribution is -0.375. The second-order valence-corrected chi connectivity index (χ2v) is 7.63. The summed E-state index contributed by atoms with van der Waals surface area (Å²) in [6.07, 6.45) is 2.12. The Balaban J connectivity index is 4.17. The molecule has 0 aromatic rings. The van der Waals surface area contributed by atoms with Gasteiger partial charge in [0.05, 0.1) is 6.10 Å². The Kier molecular flexibility index (Phi) is 8.44. The van der Waals surface area contributed by atoms with Crippen LogP contribution in [0.15, 0.2) is 0 Å². The van der Waals surface area contributed by atoms with Crippen molar-refractivity contribution in [1.29, 1.82) is 0 Å². The maximum Gasteiger partial charge on any atom is 0.336 e. The second-order valence-electron chi connectivity index (χ2n) is 7.63. The Labute approximate surface area is 128 Å². The minimum atomic E-state index is -1.02. The molecule has 0 radical (unpaired) electrons. The van der Waals surface area contributed by atoms with Gasteiger partial charge in [-0.2, -0.15) is 0 Å². The standard InChI is InChI=1S/C16H32O5/c1-12(17)11-16(5,6)21-20-13(14(18)19)9-7-8-10-15(2,3)4/h12-13,17H,7-11H2,1-6H3,(H,18,19). The molecule has 5 heteroatoms. The number of aliphatic carboxylic acids is 1. The molecule has 2 N–H and O–H groups in total. The smallest absolute Gasteiger partial charge is 0.336 e. The summed E-state index contributed by atoms with van der Waals surface area (Å²) in [6.45, 7) is 11.7. The fourth-order valence-corrected chi connectivity index (χ4v) is 2.13. The third kappa shape index (κ3) is 11.7. The first kappa shape index (κ1) is 20.3. The van der Waals surface area contributed by atoms with Crippen LogP contribution in [0.4, 0.5) is 0 Å². The molecule has 0 aromatic heterocycles. The Morgan fingerprint density at radius 2 is 1.71 bits per heavy atom. The first-order chi connectivity index (χ1) is 9.43. The molecule has 0 saturated heterocycles. The molecular formula is C16H32O5. The number of hydrogen-bond donors (Lipinski definition) is 2. The second kappa shape index (κ2) is 8.71. The van der Waals surface area contributed by atoms with Crippen LogP contribution in [0.25, 0.3) is 0 Å². The summed E-state index contributed by atoms with van der Waals surface area (Å²) in [7, 11) is 0. The topological polar surface area (TPSA) is 76.0 Å². The van der Waals surface area contributed by atoms with Crippen molar-refractivity contribution in [3.05, 3.63) is 0 Å². The molecule has 2 unspecified atom stereocenters.